The van der Waals surface area contributed by atoms with Gasteiger partial charge in [0.1, 0.15) is 11.1 Å². The molecule has 2 heterocycles. The number of aryl methyl sites for hydroxylation is 1. The Bertz CT molecular complexity index is 1080. The number of fused-ring (bicyclic) bond motifs is 1. The van der Waals surface area contributed by atoms with Gasteiger partial charge in [0.15, 0.2) is 5.65 Å². The Morgan fingerprint density at radius 1 is 1.08 bits per heavy atom. The van der Waals surface area contributed by atoms with Gasteiger partial charge >= 0.3 is 5.69 Å². The normalized spacial score (nSPS) is 10.7. The molecule has 0 bridgehead atoms. The van der Waals surface area contributed by atoms with Gasteiger partial charge in [-0.25, -0.2) is 9.78 Å². The van der Waals surface area contributed by atoms with Crippen LogP contribution in [0, 0.1) is 0 Å². The van der Waals surface area contributed by atoms with Crippen molar-refractivity contribution in [2.75, 3.05) is 12.4 Å². The Morgan fingerprint density at radius 3 is 2.40 bits per heavy atom. The molecule has 8 nitrogen and oxygen atoms in total. The van der Waals surface area contributed by atoms with E-state index in [0.29, 0.717) is 17.0 Å². The van der Waals surface area contributed by atoms with E-state index in [9.17, 15) is 14.4 Å². The van der Waals surface area contributed by atoms with Gasteiger partial charge in [-0.15, -0.1) is 0 Å². The molecular weight excluding hydrogens is 324 g/mol. The van der Waals surface area contributed by atoms with Crippen molar-refractivity contribution in [1.29, 1.82) is 0 Å². The Balaban J connectivity index is 2.08. The van der Waals surface area contributed by atoms with Crippen molar-refractivity contribution in [3.05, 3.63) is 62.9 Å². The van der Waals surface area contributed by atoms with E-state index in [4.69, 9.17) is 4.74 Å². The summed E-state index contributed by atoms with van der Waals surface area (Å²) in [4.78, 5) is 41.0. The smallest absolute Gasteiger partial charge is 0.332 e. The molecule has 25 heavy (non-hydrogen) atoms. The standard InChI is InChI=1S/C17H16N4O4/c1-20-14-13(16(23)21(2)17(20)24)12(8-9-18-14)19-15(22)10-4-6-11(25-3)7-5-10/h4-9H,1-3H3,(H,18,19,22). The molecule has 3 aromatic rings. The highest BCUT2D eigenvalue weighted by Gasteiger charge is 2.15. The van der Waals surface area contributed by atoms with Crippen LogP contribution in [-0.4, -0.2) is 27.1 Å². The second-order valence-corrected chi connectivity index (χ2v) is 5.45. The van der Waals surface area contributed by atoms with Crippen molar-refractivity contribution < 1.29 is 9.53 Å². The van der Waals surface area contributed by atoms with Crippen LogP contribution in [0.1, 0.15) is 10.4 Å². The topological polar surface area (TPSA) is 95.2 Å². The number of ether oxygens (including phenoxy) is 1. The third-order valence-corrected chi connectivity index (χ3v) is 3.94. The maximum absolute atomic E-state index is 12.5. The van der Waals surface area contributed by atoms with Crippen LogP contribution in [0.5, 0.6) is 5.75 Å². The Kier molecular flexibility index (Phi) is 4.10. The van der Waals surface area contributed by atoms with E-state index in [0.717, 1.165) is 4.57 Å². The summed E-state index contributed by atoms with van der Waals surface area (Å²) in [6.45, 7) is 0. The molecule has 0 radical (unpaired) electrons. The maximum Gasteiger partial charge on any atom is 0.332 e. The quantitative estimate of drug-likeness (QED) is 0.764. The number of carbonyl (C=O) groups excluding carboxylic acids is 1. The highest BCUT2D eigenvalue weighted by Crippen LogP contribution is 2.18. The van der Waals surface area contributed by atoms with Crippen LogP contribution in [0.4, 0.5) is 5.69 Å². The largest absolute Gasteiger partial charge is 0.497 e. The molecule has 0 aliphatic heterocycles. The molecule has 0 atom stereocenters. The van der Waals surface area contributed by atoms with Gasteiger partial charge in [-0.1, -0.05) is 0 Å². The van der Waals surface area contributed by atoms with Gasteiger partial charge in [0, 0.05) is 25.9 Å². The van der Waals surface area contributed by atoms with Gasteiger partial charge in [0.05, 0.1) is 12.8 Å². The molecule has 0 fully saturated rings. The molecule has 1 amide bonds. The zero-order chi connectivity index (χ0) is 18.1. The lowest BCUT2D eigenvalue weighted by atomic mass is 10.2. The summed E-state index contributed by atoms with van der Waals surface area (Å²) in [5.41, 5.74) is -0.0880. The maximum atomic E-state index is 12.5. The molecule has 0 aliphatic rings. The van der Waals surface area contributed by atoms with E-state index in [1.165, 1.54) is 38.0 Å². The number of nitrogens with one attached hydrogen (secondary N) is 1. The van der Waals surface area contributed by atoms with E-state index in [1.54, 1.807) is 24.3 Å². The van der Waals surface area contributed by atoms with Crippen molar-refractivity contribution in [2.24, 2.45) is 14.1 Å². The predicted molar refractivity (Wildman–Crippen MR) is 93.2 cm³/mol. The van der Waals surface area contributed by atoms with Crippen molar-refractivity contribution in [2.45, 2.75) is 0 Å². The fraction of sp³-hybridized carbons (Fsp3) is 0.176. The monoisotopic (exact) mass is 340 g/mol. The number of methoxy groups -OCH3 is 1. The lowest BCUT2D eigenvalue weighted by molar-refractivity contribution is 0.102. The second-order valence-electron chi connectivity index (χ2n) is 5.45. The lowest BCUT2D eigenvalue weighted by Crippen LogP contribution is -2.37. The zero-order valence-electron chi connectivity index (χ0n) is 13.9. The highest BCUT2D eigenvalue weighted by molar-refractivity contribution is 6.08. The minimum atomic E-state index is -0.517. The number of anilines is 1. The molecule has 0 saturated heterocycles. The molecule has 0 unspecified atom stereocenters. The molecular formula is C17H16N4O4. The number of amides is 1. The molecule has 8 heteroatoms. The van der Waals surface area contributed by atoms with Crippen molar-refractivity contribution in [3.8, 4) is 5.75 Å². The summed E-state index contributed by atoms with van der Waals surface area (Å²) in [6.07, 6.45) is 1.44. The fourth-order valence-corrected chi connectivity index (χ4v) is 2.53. The Hall–Kier alpha value is -3.42. The number of nitrogens with zero attached hydrogens (tertiary/aromatic N) is 3. The van der Waals surface area contributed by atoms with Crippen LogP contribution in [-0.2, 0) is 14.1 Å². The van der Waals surface area contributed by atoms with E-state index < -0.39 is 11.2 Å². The number of carbonyl (C=O) groups is 1. The van der Waals surface area contributed by atoms with Crippen LogP contribution in [0.2, 0.25) is 0 Å². The van der Waals surface area contributed by atoms with E-state index in [-0.39, 0.29) is 16.9 Å². The first-order valence-electron chi connectivity index (χ1n) is 7.44. The molecule has 0 saturated carbocycles. The van der Waals surface area contributed by atoms with E-state index in [1.807, 2.05) is 0 Å². The molecule has 1 N–H and O–H groups in total. The zero-order valence-corrected chi connectivity index (χ0v) is 13.9. The van der Waals surface area contributed by atoms with Crippen molar-refractivity contribution in [3.63, 3.8) is 0 Å². The molecule has 0 aliphatic carbocycles. The van der Waals surface area contributed by atoms with Gasteiger partial charge in [0.25, 0.3) is 11.5 Å². The van der Waals surface area contributed by atoms with E-state index >= 15 is 0 Å². The number of hydrogen-bond donors (Lipinski definition) is 1. The first kappa shape index (κ1) is 16.4. The van der Waals surface area contributed by atoms with Gasteiger partial charge in [-0.2, -0.15) is 0 Å². The SMILES string of the molecule is COc1ccc(C(=O)Nc2ccnc3c2c(=O)n(C)c(=O)n3C)cc1. The highest BCUT2D eigenvalue weighted by atomic mass is 16.5. The third kappa shape index (κ3) is 2.78. The number of aromatic nitrogens is 3. The summed E-state index contributed by atoms with van der Waals surface area (Å²) in [7, 11) is 4.44. The minimum absolute atomic E-state index is 0.175. The third-order valence-electron chi connectivity index (χ3n) is 3.94. The molecule has 2 aromatic heterocycles. The van der Waals surface area contributed by atoms with Gasteiger partial charge < -0.3 is 10.1 Å². The van der Waals surface area contributed by atoms with Crippen molar-refractivity contribution >= 4 is 22.6 Å². The van der Waals surface area contributed by atoms with E-state index in [2.05, 4.69) is 10.3 Å². The summed E-state index contributed by atoms with van der Waals surface area (Å²) in [5, 5.41) is 2.88. The first-order valence-corrected chi connectivity index (χ1v) is 7.44. The van der Waals surface area contributed by atoms with Gasteiger partial charge in [0.2, 0.25) is 0 Å². The van der Waals surface area contributed by atoms with Crippen LogP contribution >= 0.6 is 0 Å². The number of benzene rings is 1. The fourth-order valence-electron chi connectivity index (χ4n) is 2.53. The molecule has 0 spiro atoms. The molecule has 1 aromatic carbocycles. The Morgan fingerprint density at radius 2 is 1.76 bits per heavy atom. The lowest BCUT2D eigenvalue weighted by Gasteiger charge is -2.11. The average molecular weight is 340 g/mol. The van der Waals surface area contributed by atoms with Crippen LogP contribution in [0.15, 0.2) is 46.1 Å². The van der Waals surface area contributed by atoms with Crippen molar-refractivity contribution in [1.82, 2.24) is 14.1 Å². The van der Waals surface area contributed by atoms with Gasteiger partial charge in [-0.3, -0.25) is 18.7 Å². The minimum Gasteiger partial charge on any atom is -0.497 e. The summed E-state index contributed by atoms with van der Waals surface area (Å²) in [6, 6.07) is 8.09. The number of pyridine rings is 1. The molecule has 3 rings (SSSR count). The number of rotatable bonds is 3. The molecule has 128 valence electrons. The van der Waals surface area contributed by atoms with Crippen LogP contribution in [0.3, 0.4) is 0 Å². The van der Waals surface area contributed by atoms with Crippen LogP contribution < -0.4 is 21.3 Å². The second kappa shape index (κ2) is 6.23. The summed E-state index contributed by atoms with van der Waals surface area (Å²) in [5.74, 6) is 0.251. The van der Waals surface area contributed by atoms with Gasteiger partial charge in [-0.05, 0) is 30.3 Å². The van der Waals surface area contributed by atoms with Crippen LogP contribution in [0.25, 0.3) is 11.0 Å². The Labute approximate surface area is 142 Å². The predicted octanol–water partition coefficient (Wildman–Crippen LogP) is 0.893. The summed E-state index contributed by atoms with van der Waals surface area (Å²) >= 11 is 0. The average Bonchev–Trinajstić information content (AvgIpc) is 2.64. The number of hydrogen-bond acceptors (Lipinski definition) is 5. The first-order chi connectivity index (χ1) is 11.9. The summed E-state index contributed by atoms with van der Waals surface area (Å²) < 4.78 is 7.30.